The van der Waals surface area contributed by atoms with E-state index in [2.05, 4.69) is 43.5 Å². The van der Waals surface area contributed by atoms with Gasteiger partial charge in [0.05, 0.1) is 5.56 Å². The van der Waals surface area contributed by atoms with Crippen molar-refractivity contribution < 1.29 is 23.4 Å². The number of halogens is 3. The molecule has 0 aliphatic carbocycles. The van der Waals surface area contributed by atoms with Gasteiger partial charge in [-0.3, -0.25) is 0 Å². The molecule has 0 bridgehead atoms. The predicted octanol–water partition coefficient (Wildman–Crippen LogP) is 6.85. The molecular weight excluding hydrogens is 417 g/mol. The van der Waals surface area contributed by atoms with E-state index < -0.39 is 16.8 Å². The van der Waals surface area contributed by atoms with Crippen molar-refractivity contribution >= 4 is 34.5 Å². The molecule has 0 aliphatic rings. The van der Waals surface area contributed by atoms with Gasteiger partial charge >= 0.3 is 6.18 Å². The first kappa shape index (κ1) is 24.3. The van der Waals surface area contributed by atoms with Crippen LogP contribution in [0.15, 0.2) is 84.9 Å². The van der Waals surface area contributed by atoms with Crippen LogP contribution in [0.2, 0.25) is 0 Å². The molecule has 0 amide bonds. The van der Waals surface area contributed by atoms with E-state index in [4.69, 9.17) is 10.2 Å². The maximum absolute atomic E-state index is 12.0. The number of alkyl halides is 3. The van der Waals surface area contributed by atoms with Crippen molar-refractivity contribution in [3.8, 4) is 0 Å². The lowest BCUT2D eigenvalue weighted by atomic mass is 10.1. The third-order valence-corrected chi connectivity index (χ3v) is 3.89. The summed E-state index contributed by atoms with van der Waals surface area (Å²) in [4.78, 5) is 0. The third-order valence-electron chi connectivity index (χ3n) is 3.42. The van der Waals surface area contributed by atoms with Crippen LogP contribution in [0.25, 0.3) is 0 Å². The van der Waals surface area contributed by atoms with Crippen LogP contribution in [0.4, 0.5) is 13.2 Å². The van der Waals surface area contributed by atoms with E-state index in [1.165, 1.54) is 5.56 Å². The molecule has 0 atom stereocenters. The van der Waals surface area contributed by atoms with Gasteiger partial charge in [0.15, 0.2) is 10.1 Å². The van der Waals surface area contributed by atoms with Crippen LogP contribution < -0.4 is 0 Å². The van der Waals surface area contributed by atoms with E-state index >= 15 is 0 Å². The number of thiocarbonyl (C=S) groups is 2. The minimum atomic E-state index is -4.35. The maximum Gasteiger partial charge on any atom is 0.416 e. The summed E-state index contributed by atoms with van der Waals surface area (Å²) in [6, 6.07) is 23.3. The van der Waals surface area contributed by atoms with Crippen molar-refractivity contribution in [3.05, 3.63) is 107 Å². The lowest BCUT2D eigenvalue weighted by Crippen LogP contribution is -2.05. The summed E-state index contributed by atoms with van der Waals surface area (Å²) in [6.45, 7) is 2.08. The molecule has 7 heteroatoms. The summed E-state index contributed by atoms with van der Waals surface area (Å²) in [6.07, 6.45) is -4.35. The van der Waals surface area contributed by atoms with Crippen LogP contribution >= 0.6 is 24.4 Å². The number of aliphatic hydroxyl groups excluding tert-OH is 2. The number of aliphatic hydroxyl groups is 2. The lowest BCUT2D eigenvalue weighted by Gasteiger charge is -2.06. The number of benzene rings is 3. The maximum atomic E-state index is 12.0. The highest BCUT2D eigenvalue weighted by Gasteiger charge is 2.29. The fourth-order valence-electron chi connectivity index (χ4n) is 1.92. The Bertz CT molecular complexity index is 895. The van der Waals surface area contributed by atoms with Crippen molar-refractivity contribution in [3.63, 3.8) is 0 Å². The Hall–Kier alpha value is -2.77. The van der Waals surface area contributed by atoms with Gasteiger partial charge in [-0.25, -0.2) is 0 Å². The molecule has 0 aliphatic heterocycles. The van der Waals surface area contributed by atoms with Crippen molar-refractivity contribution in [1.29, 1.82) is 0 Å². The normalized spacial score (nSPS) is 9.93. The lowest BCUT2D eigenvalue weighted by molar-refractivity contribution is -0.137. The zero-order valence-electron chi connectivity index (χ0n) is 15.4. The van der Waals surface area contributed by atoms with Gasteiger partial charge in [0.25, 0.3) is 0 Å². The second-order valence-corrected chi connectivity index (χ2v) is 6.48. The smallest absolute Gasteiger partial charge is 0.416 e. The molecule has 0 unspecified atom stereocenters. The molecule has 3 aromatic carbocycles. The molecule has 0 aromatic heterocycles. The van der Waals surface area contributed by atoms with Crippen molar-refractivity contribution in [2.24, 2.45) is 0 Å². The standard InChI is InChI=1S/C8H5F3OS.C7H6OS.C7H8/c9-8(10,11)6-3-1-5(2-4-6)7(12)13;8-7(9)6-4-2-1-3-5-6;1-7-5-3-2-4-6-7/h1-4H,(H,12,13);1-5H,(H,8,9);2-6H,1H3. The topological polar surface area (TPSA) is 40.5 Å². The quantitative estimate of drug-likeness (QED) is 0.431. The van der Waals surface area contributed by atoms with Gasteiger partial charge in [0, 0.05) is 11.1 Å². The summed E-state index contributed by atoms with van der Waals surface area (Å²) in [5.74, 6) is 0. The molecular formula is C22H19F3O2S2. The molecule has 29 heavy (non-hydrogen) atoms. The van der Waals surface area contributed by atoms with Gasteiger partial charge in [-0.15, -0.1) is 0 Å². The van der Waals surface area contributed by atoms with Crippen molar-refractivity contribution in [2.75, 3.05) is 0 Å². The van der Waals surface area contributed by atoms with Crippen LogP contribution in [-0.4, -0.2) is 20.3 Å². The Labute approximate surface area is 178 Å². The monoisotopic (exact) mass is 436 g/mol. The molecule has 152 valence electrons. The Kier molecular flexibility index (Phi) is 9.99. The highest BCUT2D eigenvalue weighted by atomic mass is 32.1. The van der Waals surface area contributed by atoms with Crippen LogP contribution in [0.5, 0.6) is 0 Å². The van der Waals surface area contributed by atoms with Crippen LogP contribution in [0.1, 0.15) is 22.3 Å². The van der Waals surface area contributed by atoms with Gasteiger partial charge < -0.3 is 10.2 Å². The highest BCUT2D eigenvalue weighted by Crippen LogP contribution is 2.29. The molecule has 0 saturated heterocycles. The van der Waals surface area contributed by atoms with Crippen molar-refractivity contribution in [2.45, 2.75) is 13.1 Å². The van der Waals surface area contributed by atoms with Crippen LogP contribution in [-0.2, 0) is 6.18 Å². The summed E-state index contributed by atoms with van der Waals surface area (Å²) >= 11 is 8.89. The molecule has 0 radical (unpaired) electrons. The second kappa shape index (κ2) is 11.9. The first-order chi connectivity index (χ1) is 13.6. The second-order valence-electron chi connectivity index (χ2n) is 5.71. The number of hydrogen-bond acceptors (Lipinski definition) is 2. The average molecular weight is 437 g/mol. The first-order valence-corrected chi connectivity index (χ1v) is 9.13. The molecule has 0 heterocycles. The van der Waals surface area contributed by atoms with E-state index in [9.17, 15) is 13.2 Å². The van der Waals surface area contributed by atoms with Gasteiger partial charge in [-0.2, -0.15) is 13.2 Å². The summed E-state index contributed by atoms with van der Waals surface area (Å²) in [5.41, 5.74) is 1.48. The van der Waals surface area contributed by atoms with E-state index in [1.807, 2.05) is 36.4 Å². The largest absolute Gasteiger partial charge is 0.499 e. The molecule has 3 aromatic rings. The molecule has 0 spiro atoms. The Morgan fingerprint density at radius 2 is 1.03 bits per heavy atom. The summed E-state index contributed by atoms with van der Waals surface area (Å²) in [7, 11) is 0. The summed E-state index contributed by atoms with van der Waals surface area (Å²) < 4.78 is 36.1. The SMILES string of the molecule is Cc1ccccc1.OC(=S)c1ccc(C(F)(F)F)cc1.OC(=S)c1ccccc1. The molecule has 2 N–H and O–H groups in total. The minimum absolute atomic E-state index is 0.0457. The molecule has 0 fully saturated rings. The fourth-order valence-corrected chi connectivity index (χ4v) is 2.19. The Balaban J connectivity index is 0.000000229. The van der Waals surface area contributed by atoms with Gasteiger partial charge in [0.2, 0.25) is 0 Å². The molecule has 3 rings (SSSR count). The first-order valence-electron chi connectivity index (χ1n) is 8.32. The van der Waals surface area contributed by atoms with Gasteiger partial charge in [0.1, 0.15) is 0 Å². The van der Waals surface area contributed by atoms with Gasteiger partial charge in [-0.05, 0) is 55.6 Å². The Morgan fingerprint density at radius 1 is 0.655 bits per heavy atom. The molecule has 2 nitrogen and oxygen atoms in total. The van der Waals surface area contributed by atoms with Gasteiger partial charge in [-0.1, -0.05) is 66.2 Å². The zero-order chi connectivity index (χ0) is 21.9. The average Bonchev–Trinajstić information content (AvgIpc) is 2.69. The zero-order valence-corrected chi connectivity index (χ0v) is 17.1. The van der Waals surface area contributed by atoms with E-state index in [-0.39, 0.29) is 10.6 Å². The third kappa shape index (κ3) is 9.82. The van der Waals surface area contributed by atoms with E-state index in [0.29, 0.717) is 5.56 Å². The highest BCUT2D eigenvalue weighted by molar-refractivity contribution is 7.80. The van der Waals surface area contributed by atoms with Crippen LogP contribution in [0.3, 0.4) is 0 Å². The Morgan fingerprint density at radius 3 is 1.31 bits per heavy atom. The van der Waals surface area contributed by atoms with E-state index in [0.717, 1.165) is 24.3 Å². The van der Waals surface area contributed by atoms with Crippen molar-refractivity contribution in [1.82, 2.24) is 0 Å². The predicted molar refractivity (Wildman–Crippen MR) is 118 cm³/mol. The number of aryl methyl sites for hydroxylation is 1. The van der Waals surface area contributed by atoms with E-state index in [1.54, 1.807) is 12.1 Å². The van der Waals surface area contributed by atoms with Crippen LogP contribution in [0, 0.1) is 6.92 Å². The summed E-state index contributed by atoms with van der Waals surface area (Å²) in [5, 5.41) is 17.1. The number of hydrogen-bond donors (Lipinski definition) is 2. The minimum Gasteiger partial charge on any atom is -0.499 e. The molecule has 0 saturated carbocycles. The fraction of sp³-hybridized carbons (Fsp3) is 0.0909. The number of rotatable bonds is 2.